The lowest BCUT2D eigenvalue weighted by Crippen LogP contribution is -2.33. The fourth-order valence-electron chi connectivity index (χ4n) is 2.93. The van der Waals surface area contributed by atoms with Crippen LogP contribution in [0.1, 0.15) is 5.56 Å². The summed E-state index contributed by atoms with van der Waals surface area (Å²) in [6.07, 6.45) is 4.55. The third-order valence-corrected chi connectivity index (χ3v) is 5.68. The molecule has 0 radical (unpaired) electrons. The maximum atomic E-state index is 11.8. The predicted octanol–water partition coefficient (Wildman–Crippen LogP) is 2.52. The van der Waals surface area contributed by atoms with Gasteiger partial charge in [0.25, 0.3) is 0 Å². The van der Waals surface area contributed by atoms with Crippen LogP contribution in [-0.2, 0) is 14.6 Å². The molecule has 1 aromatic heterocycles. The van der Waals surface area contributed by atoms with Crippen LogP contribution in [0.15, 0.2) is 35.4 Å². The molecule has 0 spiro atoms. The first-order valence-corrected chi connectivity index (χ1v) is 10.8. The number of benzene rings is 1. The third kappa shape index (κ3) is 4.37. The fraction of sp³-hybridized carbons (Fsp3) is 0.333. The lowest BCUT2D eigenvalue weighted by atomic mass is 10.1. The largest absolute Gasteiger partial charge is 0.495 e. The van der Waals surface area contributed by atoms with Gasteiger partial charge in [-0.3, -0.25) is 0 Å². The molecule has 0 bridgehead atoms. The standard InChI is InChI=1S/C18H23ClN4O4S/c1-26-7-6-20-14-9-16(23-18-17(14)12(19)10-21-18)22-13-5-4-11(28(3,24)25)8-15(13)27-2/h4-5,8-10,16,20-23H,6-7H2,1-3H3. The average Bonchev–Trinajstić information content (AvgIpc) is 3.02. The molecule has 1 aliphatic heterocycles. The number of methoxy groups -OCH3 is 2. The van der Waals surface area contributed by atoms with Crippen molar-refractivity contribution in [1.82, 2.24) is 10.3 Å². The van der Waals surface area contributed by atoms with Crippen molar-refractivity contribution in [1.29, 1.82) is 0 Å². The fourth-order valence-corrected chi connectivity index (χ4v) is 3.81. The Morgan fingerprint density at radius 2 is 2.07 bits per heavy atom. The SMILES string of the molecule is COCCNC1=CC(Nc2ccc(S(C)(=O)=O)cc2OC)Nc2[nH]cc(Cl)c21. The van der Waals surface area contributed by atoms with Crippen LogP contribution >= 0.6 is 11.6 Å². The van der Waals surface area contributed by atoms with Gasteiger partial charge in [-0.15, -0.1) is 0 Å². The molecule has 0 fully saturated rings. The van der Waals surface area contributed by atoms with Crippen molar-refractivity contribution < 1.29 is 17.9 Å². The minimum absolute atomic E-state index is 0.197. The van der Waals surface area contributed by atoms with E-state index in [0.29, 0.717) is 29.6 Å². The van der Waals surface area contributed by atoms with Gasteiger partial charge in [0.15, 0.2) is 9.84 Å². The lowest BCUT2D eigenvalue weighted by Gasteiger charge is -2.27. The molecule has 1 unspecified atom stereocenters. The summed E-state index contributed by atoms with van der Waals surface area (Å²) in [6.45, 7) is 1.18. The number of nitrogens with one attached hydrogen (secondary N) is 4. The van der Waals surface area contributed by atoms with Gasteiger partial charge < -0.3 is 30.4 Å². The van der Waals surface area contributed by atoms with Crippen molar-refractivity contribution in [2.24, 2.45) is 0 Å². The molecule has 4 N–H and O–H groups in total. The second-order valence-electron chi connectivity index (χ2n) is 6.29. The van der Waals surface area contributed by atoms with E-state index in [1.165, 1.54) is 13.2 Å². The van der Waals surface area contributed by atoms with Crippen LogP contribution in [0, 0.1) is 0 Å². The van der Waals surface area contributed by atoms with Gasteiger partial charge >= 0.3 is 0 Å². The zero-order chi connectivity index (χ0) is 20.3. The molecule has 0 saturated heterocycles. The van der Waals surface area contributed by atoms with E-state index in [1.54, 1.807) is 25.4 Å². The number of fused-ring (bicyclic) bond motifs is 1. The number of anilines is 2. The van der Waals surface area contributed by atoms with E-state index in [-0.39, 0.29) is 11.1 Å². The Balaban J connectivity index is 1.87. The molecule has 2 aromatic rings. The van der Waals surface area contributed by atoms with E-state index in [9.17, 15) is 8.42 Å². The molecule has 3 rings (SSSR count). The van der Waals surface area contributed by atoms with Crippen molar-refractivity contribution in [2.75, 3.05) is 44.3 Å². The second-order valence-corrected chi connectivity index (χ2v) is 8.71. The molecular weight excluding hydrogens is 404 g/mol. The minimum Gasteiger partial charge on any atom is -0.495 e. The maximum absolute atomic E-state index is 11.8. The first-order chi connectivity index (χ1) is 13.3. The van der Waals surface area contributed by atoms with Gasteiger partial charge in [-0.1, -0.05) is 11.6 Å². The van der Waals surface area contributed by atoms with E-state index in [2.05, 4.69) is 20.9 Å². The van der Waals surface area contributed by atoms with Gasteiger partial charge in [-0.05, 0) is 18.2 Å². The Morgan fingerprint density at radius 1 is 1.29 bits per heavy atom. The zero-order valence-electron chi connectivity index (χ0n) is 15.8. The molecule has 0 aliphatic carbocycles. The Hall–Kier alpha value is -2.36. The second kappa shape index (κ2) is 8.34. The zero-order valence-corrected chi connectivity index (χ0v) is 17.4. The van der Waals surface area contributed by atoms with Crippen molar-refractivity contribution in [2.45, 2.75) is 11.1 Å². The maximum Gasteiger partial charge on any atom is 0.175 e. The van der Waals surface area contributed by atoms with Crippen molar-refractivity contribution >= 4 is 38.6 Å². The molecular formula is C18H23ClN4O4S. The number of ether oxygens (including phenoxy) is 2. The number of halogens is 1. The van der Waals surface area contributed by atoms with Crippen LogP contribution in [0.3, 0.4) is 0 Å². The first kappa shape index (κ1) is 20.4. The minimum atomic E-state index is -3.32. The van der Waals surface area contributed by atoms with Gasteiger partial charge in [0.1, 0.15) is 17.7 Å². The van der Waals surface area contributed by atoms with Crippen LogP contribution in [0.5, 0.6) is 5.75 Å². The molecule has 2 heterocycles. The number of hydrogen-bond donors (Lipinski definition) is 4. The van der Waals surface area contributed by atoms with Gasteiger partial charge in [-0.2, -0.15) is 0 Å². The summed E-state index contributed by atoms with van der Waals surface area (Å²) in [5.74, 6) is 1.21. The van der Waals surface area contributed by atoms with Crippen LogP contribution < -0.4 is 20.7 Å². The highest BCUT2D eigenvalue weighted by atomic mass is 35.5. The first-order valence-electron chi connectivity index (χ1n) is 8.56. The molecule has 1 aromatic carbocycles. The van der Waals surface area contributed by atoms with Crippen molar-refractivity contribution in [3.63, 3.8) is 0 Å². The quantitative estimate of drug-likeness (QED) is 0.481. The molecule has 8 nitrogen and oxygen atoms in total. The summed E-state index contributed by atoms with van der Waals surface area (Å²) >= 11 is 6.30. The Labute approximate surface area is 169 Å². The van der Waals surface area contributed by atoms with E-state index in [0.717, 1.165) is 23.3 Å². The normalized spacial score (nSPS) is 16.0. The third-order valence-electron chi connectivity index (χ3n) is 4.27. The molecule has 152 valence electrons. The molecule has 10 heteroatoms. The van der Waals surface area contributed by atoms with E-state index in [1.807, 2.05) is 6.08 Å². The van der Waals surface area contributed by atoms with E-state index < -0.39 is 9.84 Å². The Morgan fingerprint density at radius 3 is 2.75 bits per heavy atom. The van der Waals surface area contributed by atoms with Gasteiger partial charge in [0.05, 0.1) is 34.9 Å². The Kier molecular flexibility index (Phi) is 6.07. The van der Waals surface area contributed by atoms with Crippen molar-refractivity contribution in [3.05, 3.63) is 41.1 Å². The summed E-state index contributed by atoms with van der Waals surface area (Å²) < 4.78 is 34.0. The summed E-state index contributed by atoms with van der Waals surface area (Å²) in [6, 6.07) is 4.72. The van der Waals surface area contributed by atoms with Gasteiger partial charge in [-0.25, -0.2) is 8.42 Å². The highest BCUT2D eigenvalue weighted by molar-refractivity contribution is 7.90. The predicted molar refractivity (Wildman–Crippen MR) is 111 cm³/mol. The van der Waals surface area contributed by atoms with Crippen molar-refractivity contribution in [3.8, 4) is 5.75 Å². The highest BCUT2D eigenvalue weighted by Gasteiger charge is 2.23. The number of rotatable bonds is 8. The number of sulfone groups is 1. The van der Waals surface area contributed by atoms with Gasteiger partial charge in [0.2, 0.25) is 0 Å². The monoisotopic (exact) mass is 426 g/mol. The topological polar surface area (TPSA) is 104 Å². The summed E-state index contributed by atoms with van der Waals surface area (Å²) in [7, 11) is -0.181. The molecule has 0 amide bonds. The van der Waals surface area contributed by atoms with Crippen LogP contribution in [0.4, 0.5) is 11.5 Å². The number of H-pyrrole nitrogens is 1. The highest BCUT2D eigenvalue weighted by Crippen LogP contribution is 2.35. The van der Waals surface area contributed by atoms with Crippen LogP contribution in [0.2, 0.25) is 5.02 Å². The number of aromatic amines is 1. The molecule has 1 aliphatic rings. The Bertz CT molecular complexity index is 987. The smallest absolute Gasteiger partial charge is 0.175 e. The van der Waals surface area contributed by atoms with E-state index in [4.69, 9.17) is 21.1 Å². The molecule has 1 atom stereocenters. The molecule has 28 heavy (non-hydrogen) atoms. The van der Waals surface area contributed by atoms with Gasteiger partial charge in [0, 0.05) is 37.9 Å². The number of hydrogen-bond acceptors (Lipinski definition) is 7. The molecule has 0 saturated carbocycles. The number of aromatic nitrogens is 1. The van der Waals surface area contributed by atoms with Crippen LogP contribution in [-0.4, -0.2) is 53.2 Å². The van der Waals surface area contributed by atoms with E-state index >= 15 is 0 Å². The average molecular weight is 427 g/mol. The summed E-state index contributed by atoms with van der Waals surface area (Å²) in [4.78, 5) is 3.31. The summed E-state index contributed by atoms with van der Waals surface area (Å²) in [5.41, 5.74) is 2.37. The summed E-state index contributed by atoms with van der Waals surface area (Å²) in [5, 5.41) is 10.5. The lowest BCUT2D eigenvalue weighted by molar-refractivity contribution is 0.203. The van der Waals surface area contributed by atoms with Crippen LogP contribution in [0.25, 0.3) is 5.70 Å².